The number of aliphatic hydroxyl groups is 1. The summed E-state index contributed by atoms with van der Waals surface area (Å²) in [7, 11) is 0. The Kier molecular flexibility index (Phi) is 4.20. The van der Waals surface area contributed by atoms with Crippen LogP contribution in [-0.2, 0) is 6.42 Å². The molecule has 1 N–H and O–H groups in total. The summed E-state index contributed by atoms with van der Waals surface area (Å²) >= 11 is 6.01. The lowest BCUT2D eigenvalue weighted by atomic mass is 9.96. The lowest BCUT2D eigenvalue weighted by Crippen LogP contribution is -2.08. The Labute approximate surface area is 113 Å². The zero-order valence-electron chi connectivity index (χ0n) is 10.8. The summed E-state index contributed by atoms with van der Waals surface area (Å²) < 4.78 is 0. The third-order valence-corrected chi connectivity index (χ3v) is 3.75. The first-order chi connectivity index (χ1) is 8.63. The topological polar surface area (TPSA) is 33.1 Å². The van der Waals surface area contributed by atoms with Crippen molar-refractivity contribution in [2.75, 3.05) is 6.61 Å². The zero-order valence-corrected chi connectivity index (χ0v) is 11.5. The fourth-order valence-electron chi connectivity index (χ4n) is 2.11. The molecular weight excluding hydrogens is 246 g/mol. The Morgan fingerprint density at radius 3 is 2.78 bits per heavy atom. The Bertz CT molecular complexity index is 549. The van der Waals surface area contributed by atoms with E-state index < -0.39 is 0 Å². The van der Waals surface area contributed by atoms with Gasteiger partial charge in [-0.1, -0.05) is 31.0 Å². The van der Waals surface area contributed by atoms with Gasteiger partial charge in [0.1, 0.15) is 5.15 Å². The molecule has 2 aromatic rings. The van der Waals surface area contributed by atoms with Gasteiger partial charge >= 0.3 is 0 Å². The number of hydrogen-bond donors (Lipinski definition) is 1. The van der Waals surface area contributed by atoms with Crippen molar-refractivity contribution < 1.29 is 5.11 Å². The van der Waals surface area contributed by atoms with E-state index in [0.29, 0.717) is 11.1 Å². The van der Waals surface area contributed by atoms with Crippen LogP contribution in [0.3, 0.4) is 0 Å². The van der Waals surface area contributed by atoms with Gasteiger partial charge in [-0.25, -0.2) is 4.98 Å². The highest BCUT2D eigenvalue weighted by molar-refractivity contribution is 6.30. The fourth-order valence-corrected chi connectivity index (χ4v) is 2.25. The molecule has 0 aliphatic rings. The molecule has 0 spiro atoms. The van der Waals surface area contributed by atoms with E-state index in [9.17, 15) is 5.11 Å². The van der Waals surface area contributed by atoms with Crippen molar-refractivity contribution in [3.63, 3.8) is 0 Å². The van der Waals surface area contributed by atoms with Gasteiger partial charge in [0.05, 0.1) is 5.52 Å². The molecular formula is C15H18ClNO. The number of benzene rings is 1. The third kappa shape index (κ3) is 2.82. The summed E-state index contributed by atoms with van der Waals surface area (Å²) in [6.45, 7) is 4.31. The Morgan fingerprint density at radius 2 is 2.11 bits per heavy atom. The van der Waals surface area contributed by atoms with E-state index in [-0.39, 0.29) is 6.61 Å². The molecule has 3 heteroatoms. The van der Waals surface area contributed by atoms with Crippen LogP contribution in [0.2, 0.25) is 5.15 Å². The number of halogens is 1. The van der Waals surface area contributed by atoms with Crippen LogP contribution in [0.25, 0.3) is 10.9 Å². The van der Waals surface area contributed by atoms with Crippen LogP contribution < -0.4 is 0 Å². The summed E-state index contributed by atoms with van der Waals surface area (Å²) in [5.41, 5.74) is 3.16. The summed E-state index contributed by atoms with van der Waals surface area (Å²) in [4.78, 5) is 4.35. The predicted molar refractivity (Wildman–Crippen MR) is 76.1 cm³/mol. The summed E-state index contributed by atoms with van der Waals surface area (Å²) in [6.07, 6.45) is 1.90. The van der Waals surface area contributed by atoms with Gasteiger partial charge in [0.2, 0.25) is 0 Å². The first kappa shape index (κ1) is 13.3. The maximum atomic E-state index is 9.25. The number of rotatable bonds is 4. The van der Waals surface area contributed by atoms with Gasteiger partial charge in [0.15, 0.2) is 0 Å². The van der Waals surface area contributed by atoms with Gasteiger partial charge in [0.25, 0.3) is 0 Å². The number of aryl methyl sites for hydroxylation is 1. The van der Waals surface area contributed by atoms with Crippen LogP contribution in [0.5, 0.6) is 0 Å². The van der Waals surface area contributed by atoms with E-state index in [0.717, 1.165) is 29.3 Å². The van der Waals surface area contributed by atoms with Crippen molar-refractivity contribution >= 4 is 22.5 Å². The maximum Gasteiger partial charge on any atom is 0.132 e. The maximum absolute atomic E-state index is 9.25. The van der Waals surface area contributed by atoms with Crippen LogP contribution in [0.1, 0.15) is 24.5 Å². The SMILES string of the molecule is CCC(CO)Cc1ccc2nc(Cl)c(C)cc2c1. The van der Waals surface area contributed by atoms with E-state index >= 15 is 0 Å². The molecule has 1 atom stereocenters. The number of hydrogen-bond acceptors (Lipinski definition) is 2. The smallest absolute Gasteiger partial charge is 0.132 e. The lowest BCUT2D eigenvalue weighted by Gasteiger charge is -2.12. The molecule has 1 aromatic heterocycles. The molecule has 2 rings (SSSR count). The number of aliphatic hydroxyl groups excluding tert-OH is 1. The van der Waals surface area contributed by atoms with Gasteiger partial charge in [-0.15, -0.1) is 0 Å². The number of aromatic nitrogens is 1. The van der Waals surface area contributed by atoms with Crippen molar-refractivity contribution in [2.24, 2.45) is 5.92 Å². The van der Waals surface area contributed by atoms with Gasteiger partial charge in [-0.3, -0.25) is 0 Å². The highest BCUT2D eigenvalue weighted by Crippen LogP contribution is 2.22. The second kappa shape index (κ2) is 5.68. The summed E-state index contributed by atoms with van der Waals surface area (Å²) in [5.74, 6) is 0.337. The van der Waals surface area contributed by atoms with Crippen molar-refractivity contribution in [2.45, 2.75) is 26.7 Å². The molecule has 2 nitrogen and oxygen atoms in total. The first-order valence-corrected chi connectivity index (χ1v) is 6.68. The second-order valence-electron chi connectivity index (χ2n) is 4.78. The Hall–Kier alpha value is -1.12. The van der Waals surface area contributed by atoms with E-state index in [4.69, 9.17) is 11.6 Å². The molecule has 18 heavy (non-hydrogen) atoms. The van der Waals surface area contributed by atoms with E-state index in [1.807, 2.05) is 13.0 Å². The largest absolute Gasteiger partial charge is 0.396 e. The predicted octanol–water partition coefficient (Wildman–Crippen LogP) is 3.76. The summed E-state index contributed by atoms with van der Waals surface area (Å²) in [6, 6.07) is 8.28. The molecule has 96 valence electrons. The van der Waals surface area contributed by atoms with Gasteiger partial charge in [0, 0.05) is 12.0 Å². The standard InChI is InChI=1S/C15H18ClNO/c1-3-11(9-18)7-12-4-5-14-13(8-12)6-10(2)15(16)17-14/h4-6,8,11,18H,3,7,9H2,1-2H3. The Morgan fingerprint density at radius 1 is 1.33 bits per heavy atom. The molecule has 0 saturated heterocycles. The summed E-state index contributed by atoms with van der Waals surface area (Å²) in [5, 5.41) is 10.9. The fraction of sp³-hybridized carbons (Fsp3) is 0.400. The van der Waals surface area contributed by atoms with Crippen LogP contribution in [0, 0.1) is 12.8 Å². The van der Waals surface area contributed by atoms with Gasteiger partial charge in [-0.05, 0) is 48.6 Å². The number of fused-ring (bicyclic) bond motifs is 1. The molecule has 0 aliphatic carbocycles. The van der Waals surface area contributed by atoms with E-state index in [1.165, 1.54) is 5.56 Å². The van der Waals surface area contributed by atoms with E-state index in [1.54, 1.807) is 0 Å². The van der Waals surface area contributed by atoms with Crippen molar-refractivity contribution in [1.29, 1.82) is 0 Å². The van der Waals surface area contributed by atoms with Gasteiger partial charge < -0.3 is 5.11 Å². The van der Waals surface area contributed by atoms with Crippen molar-refractivity contribution in [1.82, 2.24) is 4.98 Å². The van der Waals surface area contributed by atoms with Crippen LogP contribution in [0.15, 0.2) is 24.3 Å². The number of pyridine rings is 1. The molecule has 0 aliphatic heterocycles. The zero-order chi connectivity index (χ0) is 13.1. The van der Waals surface area contributed by atoms with Crippen molar-refractivity contribution in [3.8, 4) is 0 Å². The van der Waals surface area contributed by atoms with Crippen LogP contribution in [-0.4, -0.2) is 16.7 Å². The molecule has 0 radical (unpaired) electrons. The highest BCUT2D eigenvalue weighted by Gasteiger charge is 2.07. The van der Waals surface area contributed by atoms with E-state index in [2.05, 4.69) is 30.1 Å². The first-order valence-electron chi connectivity index (χ1n) is 6.30. The second-order valence-corrected chi connectivity index (χ2v) is 5.14. The normalized spacial score (nSPS) is 12.9. The molecule has 1 unspecified atom stereocenters. The average Bonchev–Trinajstić information content (AvgIpc) is 2.37. The molecule has 0 amide bonds. The monoisotopic (exact) mass is 263 g/mol. The molecule has 0 bridgehead atoms. The minimum atomic E-state index is 0.242. The number of nitrogens with zero attached hydrogens (tertiary/aromatic N) is 1. The molecule has 1 aromatic carbocycles. The average molecular weight is 264 g/mol. The Balaban J connectivity index is 2.35. The quantitative estimate of drug-likeness (QED) is 0.852. The molecule has 0 saturated carbocycles. The minimum Gasteiger partial charge on any atom is -0.396 e. The highest BCUT2D eigenvalue weighted by atomic mass is 35.5. The minimum absolute atomic E-state index is 0.242. The molecule has 1 heterocycles. The molecule has 0 fully saturated rings. The van der Waals surface area contributed by atoms with Gasteiger partial charge in [-0.2, -0.15) is 0 Å². The van der Waals surface area contributed by atoms with Crippen LogP contribution >= 0.6 is 11.6 Å². The van der Waals surface area contributed by atoms with Crippen molar-refractivity contribution in [3.05, 3.63) is 40.5 Å². The van der Waals surface area contributed by atoms with Crippen LogP contribution in [0.4, 0.5) is 0 Å². The third-order valence-electron chi connectivity index (χ3n) is 3.37. The lowest BCUT2D eigenvalue weighted by molar-refractivity contribution is 0.222.